The molecule has 104 valence electrons. The Hall–Kier alpha value is -2.75. The van der Waals surface area contributed by atoms with Crippen molar-refractivity contribution >= 4 is 27.9 Å². The van der Waals surface area contributed by atoms with Crippen molar-refractivity contribution in [2.75, 3.05) is 5.32 Å². The van der Waals surface area contributed by atoms with Gasteiger partial charge in [-0.05, 0) is 23.8 Å². The summed E-state index contributed by atoms with van der Waals surface area (Å²) in [4.78, 5) is 7.83. The zero-order chi connectivity index (χ0) is 14.2. The zero-order valence-corrected chi connectivity index (χ0v) is 11.8. The number of hydrogen-bond acceptors (Lipinski definition) is 2. The van der Waals surface area contributed by atoms with Crippen molar-refractivity contribution in [3.05, 3.63) is 60.3 Å². The molecule has 4 heteroatoms. The van der Waals surface area contributed by atoms with Gasteiger partial charge < -0.3 is 14.9 Å². The van der Waals surface area contributed by atoms with Gasteiger partial charge in [0.25, 0.3) is 0 Å². The Kier molecular flexibility index (Phi) is 2.67. The quantitative estimate of drug-likeness (QED) is 0.599. The average Bonchev–Trinajstić information content (AvgIpc) is 3.07. The van der Waals surface area contributed by atoms with E-state index in [2.05, 4.69) is 57.4 Å². The number of anilines is 1. The minimum Gasteiger partial charge on any atom is -0.352 e. The number of imidazole rings is 1. The van der Waals surface area contributed by atoms with Crippen LogP contribution in [0.4, 0.5) is 5.95 Å². The minimum atomic E-state index is 0.751. The Bertz CT molecular complexity index is 884. The lowest BCUT2D eigenvalue weighted by atomic mass is 10.2. The van der Waals surface area contributed by atoms with Crippen molar-refractivity contribution in [3.63, 3.8) is 0 Å². The van der Waals surface area contributed by atoms with Crippen LogP contribution >= 0.6 is 0 Å². The van der Waals surface area contributed by atoms with E-state index in [9.17, 15) is 0 Å². The number of rotatable bonds is 3. The summed E-state index contributed by atoms with van der Waals surface area (Å²) >= 11 is 0. The van der Waals surface area contributed by atoms with Crippen LogP contribution < -0.4 is 5.32 Å². The number of nitrogens with zero attached hydrogens (tertiary/aromatic N) is 2. The molecule has 0 unspecified atom stereocenters. The molecule has 0 atom stereocenters. The standard InChI is InChI=1S/C17H16N4/c1-21-11-12(13-6-2-5-9-16(13)21)10-18-17-19-14-7-3-4-8-15(14)20-17/h2-9,11H,10H2,1H3,(H2,18,19,20). The molecule has 0 aliphatic carbocycles. The van der Waals surface area contributed by atoms with Crippen molar-refractivity contribution in [1.82, 2.24) is 14.5 Å². The predicted octanol–water partition coefficient (Wildman–Crippen LogP) is 3.67. The molecule has 4 aromatic rings. The second-order valence-electron chi connectivity index (χ2n) is 5.24. The molecule has 0 spiro atoms. The van der Waals surface area contributed by atoms with Gasteiger partial charge in [-0.3, -0.25) is 0 Å². The molecule has 0 saturated heterocycles. The molecule has 0 amide bonds. The molecule has 0 saturated carbocycles. The fourth-order valence-corrected chi connectivity index (χ4v) is 2.78. The number of H-pyrrole nitrogens is 1. The molecule has 2 aromatic heterocycles. The third-order valence-corrected chi connectivity index (χ3v) is 3.82. The van der Waals surface area contributed by atoms with Crippen molar-refractivity contribution in [2.24, 2.45) is 7.05 Å². The van der Waals surface area contributed by atoms with Crippen molar-refractivity contribution in [2.45, 2.75) is 6.54 Å². The molecule has 21 heavy (non-hydrogen) atoms. The maximum atomic E-state index is 4.54. The summed E-state index contributed by atoms with van der Waals surface area (Å²) in [6.45, 7) is 0.751. The minimum absolute atomic E-state index is 0.751. The van der Waals surface area contributed by atoms with Gasteiger partial charge in [-0.1, -0.05) is 30.3 Å². The van der Waals surface area contributed by atoms with Crippen LogP contribution in [-0.2, 0) is 13.6 Å². The van der Waals surface area contributed by atoms with Gasteiger partial charge in [0.15, 0.2) is 0 Å². The highest BCUT2D eigenvalue weighted by molar-refractivity contribution is 5.84. The molecular formula is C17H16N4. The van der Waals surface area contributed by atoms with Crippen LogP contribution in [0, 0.1) is 0 Å². The summed E-state index contributed by atoms with van der Waals surface area (Å²) in [5.41, 5.74) is 4.56. The fraction of sp³-hybridized carbons (Fsp3) is 0.118. The normalized spacial score (nSPS) is 11.3. The number of hydrogen-bond donors (Lipinski definition) is 2. The molecule has 2 aromatic carbocycles. The van der Waals surface area contributed by atoms with Crippen LogP contribution in [0.25, 0.3) is 21.9 Å². The van der Waals surface area contributed by atoms with Gasteiger partial charge in [0.1, 0.15) is 0 Å². The van der Waals surface area contributed by atoms with E-state index in [-0.39, 0.29) is 0 Å². The van der Waals surface area contributed by atoms with Gasteiger partial charge in [-0.25, -0.2) is 4.98 Å². The molecule has 0 aliphatic heterocycles. The second kappa shape index (κ2) is 4.66. The third kappa shape index (κ3) is 2.05. The number of fused-ring (bicyclic) bond motifs is 2. The predicted molar refractivity (Wildman–Crippen MR) is 86.3 cm³/mol. The summed E-state index contributed by atoms with van der Waals surface area (Å²) < 4.78 is 2.16. The SMILES string of the molecule is Cn1cc(CNc2nc3ccccc3[nH]2)c2ccccc21. The maximum Gasteiger partial charge on any atom is 0.201 e. The molecule has 0 radical (unpaired) electrons. The van der Waals surface area contributed by atoms with E-state index < -0.39 is 0 Å². The van der Waals surface area contributed by atoms with E-state index in [4.69, 9.17) is 0 Å². The van der Waals surface area contributed by atoms with Crippen molar-refractivity contribution in [1.29, 1.82) is 0 Å². The highest BCUT2D eigenvalue weighted by Gasteiger charge is 2.07. The average molecular weight is 276 g/mol. The molecule has 2 heterocycles. The lowest BCUT2D eigenvalue weighted by Crippen LogP contribution is -2.00. The molecule has 0 bridgehead atoms. The van der Waals surface area contributed by atoms with Crippen LogP contribution in [0.2, 0.25) is 0 Å². The Labute approximate surface area is 122 Å². The van der Waals surface area contributed by atoms with E-state index in [0.717, 1.165) is 23.5 Å². The number of para-hydroxylation sites is 3. The summed E-state index contributed by atoms with van der Waals surface area (Å²) in [5, 5.41) is 4.66. The van der Waals surface area contributed by atoms with E-state index >= 15 is 0 Å². The molecule has 0 fully saturated rings. The summed E-state index contributed by atoms with van der Waals surface area (Å²) in [7, 11) is 2.08. The Balaban J connectivity index is 1.63. The smallest absolute Gasteiger partial charge is 0.201 e. The molecule has 4 nitrogen and oxygen atoms in total. The van der Waals surface area contributed by atoms with Gasteiger partial charge in [-0.15, -0.1) is 0 Å². The largest absolute Gasteiger partial charge is 0.352 e. The maximum absolute atomic E-state index is 4.54. The van der Waals surface area contributed by atoms with Crippen molar-refractivity contribution < 1.29 is 0 Å². The third-order valence-electron chi connectivity index (χ3n) is 3.82. The van der Waals surface area contributed by atoms with E-state index in [1.54, 1.807) is 0 Å². The first-order chi connectivity index (χ1) is 10.3. The highest BCUT2D eigenvalue weighted by atomic mass is 15.1. The highest BCUT2D eigenvalue weighted by Crippen LogP contribution is 2.21. The van der Waals surface area contributed by atoms with E-state index in [0.29, 0.717) is 0 Å². The summed E-state index contributed by atoms with van der Waals surface area (Å²) in [6, 6.07) is 16.5. The monoisotopic (exact) mass is 276 g/mol. The van der Waals surface area contributed by atoms with Crippen LogP contribution in [0.3, 0.4) is 0 Å². The molecular weight excluding hydrogens is 260 g/mol. The number of aryl methyl sites for hydroxylation is 1. The topological polar surface area (TPSA) is 45.6 Å². The van der Waals surface area contributed by atoms with Crippen LogP contribution in [-0.4, -0.2) is 14.5 Å². The Morgan fingerprint density at radius 1 is 1.10 bits per heavy atom. The number of aromatic amines is 1. The summed E-state index contributed by atoms with van der Waals surface area (Å²) in [5.74, 6) is 0.809. The first-order valence-electron chi connectivity index (χ1n) is 7.03. The van der Waals surface area contributed by atoms with E-state index in [1.807, 2.05) is 24.3 Å². The Morgan fingerprint density at radius 2 is 1.90 bits per heavy atom. The first kappa shape index (κ1) is 12.0. The van der Waals surface area contributed by atoms with Gasteiger partial charge in [0.2, 0.25) is 5.95 Å². The molecule has 2 N–H and O–H groups in total. The van der Waals surface area contributed by atoms with Crippen LogP contribution in [0.5, 0.6) is 0 Å². The fourth-order valence-electron chi connectivity index (χ4n) is 2.78. The number of nitrogens with one attached hydrogen (secondary N) is 2. The van der Waals surface area contributed by atoms with Crippen LogP contribution in [0.15, 0.2) is 54.7 Å². The van der Waals surface area contributed by atoms with Gasteiger partial charge in [0, 0.05) is 30.7 Å². The summed E-state index contributed by atoms with van der Waals surface area (Å²) in [6.07, 6.45) is 2.17. The second-order valence-corrected chi connectivity index (χ2v) is 5.24. The van der Waals surface area contributed by atoms with Crippen LogP contribution in [0.1, 0.15) is 5.56 Å². The lowest BCUT2D eigenvalue weighted by Gasteiger charge is -2.01. The van der Waals surface area contributed by atoms with Gasteiger partial charge in [0.05, 0.1) is 11.0 Å². The lowest BCUT2D eigenvalue weighted by molar-refractivity contribution is 0.954. The number of aromatic nitrogens is 3. The van der Waals surface area contributed by atoms with Gasteiger partial charge in [-0.2, -0.15) is 0 Å². The zero-order valence-electron chi connectivity index (χ0n) is 11.8. The van der Waals surface area contributed by atoms with Gasteiger partial charge >= 0.3 is 0 Å². The number of benzene rings is 2. The first-order valence-corrected chi connectivity index (χ1v) is 7.03. The molecule has 0 aliphatic rings. The van der Waals surface area contributed by atoms with E-state index in [1.165, 1.54) is 16.5 Å². The molecule has 4 rings (SSSR count). The Morgan fingerprint density at radius 3 is 2.81 bits per heavy atom. The van der Waals surface area contributed by atoms with Crippen molar-refractivity contribution in [3.8, 4) is 0 Å².